The second-order valence-electron chi connectivity index (χ2n) is 6.26. The Balaban J connectivity index is 1.62. The molecule has 2 heterocycles. The van der Waals surface area contributed by atoms with Crippen molar-refractivity contribution in [3.8, 4) is 11.5 Å². The van der Waals surface area contributed by atoms with Crippen molar-refractivity contribution in [1.82, 2.24) is 9.88 Å². The molecule has 0 spiro atoms. The lowest BCUT2D eigenvalue weighted by molar-refractivity contribution is 0.0729. The van der Waals surface area contributed by atoms with Crippen LogP contribution in [0.2, 0.25) is 0 Å². The minimum atomic E-state index is -0.406. The molecule has 2 aromatic heterocycles. The van der Waals surface area contributed by atoms with E-state index >= 15 is 0 Å². The summed E-state index contributed by atoms with van der Waals surface area (Å²) in [6, 6.07) is 14.9. The van der Waals surface area contributed by atoms with E-state index in [-0.39, 0.29) is 17.5 Å². The summed E-state index contributed by atoms with van der Waals surface area (Å²) in [6.07, 6.45) is 3.37. The van der Waals surface area contributed by atoms with Crippen LogP contribution >= 0.6 is 0 Å². The van der Waals surface area contributed by atoms with Crippen LogP contribution < -0.4 is 5.56 Å². The molecule has 1 atom stereocenters. The van der Waals surface area contributed by atoms with Crippen LogP contribution in [0.4, 0.5) is 0 Å². The van der Waals surface area contributed by atoms with Crippen molar-refractivity contribution in [2.45, 2.75) is 18.9 Å². The fraction of sp³-hybridized carbons (Fsp3) is 0.200. The third-order valence-electron chi connectivity index (χ3n) is 4.82. The maximum absolute atomic E-state index is 12.8. The number of amides is 1. The van der Waals surface area contributed by atoms with Crippen molar-refractivity contribution >= 4 is 5.91 Å². The molecule has 3 aromatic rings. The quantitative estimate of drug-likeness (QED) is 0.798. The molecule has 0 radical (unpaired) electrons. The first-order valence-electron chi connectivity index (χ1n) is 8.27. The second kappa shape index (κ2) is 6.09. The zero-order valence-electron chi connectivity index (χ0n) is 13.9. The van der Waals surface area contributed by atoms with Gasteiger partial charge in [0.15, 0.2) is 0 Å². The Bertz CT molecular complexity index is 973. The van der Waals surface area contributed by atoms with E-state index in [9.17, 15) is 9.59 Å². The first-order chi connectivity index (χ1) is 12.1. The number of carbonyl (C=O) groups is 1. The number of carbonyl (C=O) groups excluding carboxylic acids is 1. The Morgan fingerprint density at radius 1 is 1.16 bits per heavy atom. The Morgan fingerprint density at radius 2 is 2.00 bits per heavy atom. The number of hydrogen-bond acceptors (Lipinski definition) is 3. The van der Waals surface area contributed by atoms with Gasteiger partial charge in [0.1, 0.15) is 11.3 Å². The number of rotatable bonds is 3. The molecule has 1 aliphatic rings. The van der Waals surface area contributed by atoms with Crippen molar-refractivity contribution in [2.75, 3.05) is 7.05 Å². The van der Waals surface area contributed by atoms with Crippen LogP contribution in [0.25, 0.3) is 11.5 Å². The minimum absolute atomic E-state index is 0.00727. The van der Waals surface area contributed by atoms with Crippen molar-refractivity contribution in [3.63, 3.8) is 0 Å². The van der Waals surface area contributed by atoms with Gasteiger partial charge in [0.2, 0.25) is 0 Å². The van der Waals surface area contributed by atoms with Gasteiger partial charge >= 0.3 is 0 Å². The summed E-state index contributed by atoms with van der Waals surface area (Å²) in [6.45, 7) is 0. The highest BCUT2D eigenvalue weighted by atomic mass is 16.3. The van der Waals surface area contributed by atoms with Gasteiger partial charge in [-0.25, -0.2) is 0 Å². The van der Waals surface area contributed by atoms with Gasteiger partial charge in [-0.1, -0.05) is 24.3 Å². The van der Waals surface area contributed by atoms with Crippen molar-refractivity contribution in [2.24, 2.45) is 0 Å². The second-order valence-corrected chi connectivity index (χ2v) is 6.26. The van der Waals surface area contributed by atoms with Crippen LogP contribution in [-0.2, 0) is 6.42 Å². The summed E-state index contributed by atoms with van der Waals surface area (Å²) in [4.78, 5) is 29.6. The zero-order valence-corrected chi connectivity index (χ0v) is 13.9. The number of benzene rings is 1. The number of hydrogen-bond donors (Lipinski definition) is 1. The van der Waals surface area contributed by atoms with Gasteiger partial charge in [-0.3, -0.25) is 9.59 Å². The van der Waals surface area contributed by atoms with Crippen LogP contribution in [0, 0.1) is 0 Å². The number of fused-ring (bicyclic) bond motifs is 1. The standard InChI is InChI=1S/C20H18N2O3/c1-22(17-11-8-13-5-2-3-6-14(13)17)20(24)15-9-10-16(21-19(15)23)18-7-4-12-25-18/h2-7,9-10,12,17H,8,11H2,1H3,(H,21,23). The molecule has 1 aromatic carbocycles. The normalized spacial score (nSPS) is 15.8. The Labute approximate surface area is 144 Å². The first kappa shape index (κ1) is 15.4. The molecule has 1 amide bonds. The lowest BCUT2D eigenvalue weighted by Gasteiger charge is -2.25. The van der Waals surface area contributed by atoms with Gasteiger partial charge in [-0.05, 0) is 48.2 Å². The average Bonchev–Trinajstić information content (AvgIpc) is 3.30. The number of nitrogens with zero attached hydrogens (tertiary/aromatic N) is 1. The molecule has 1 unspecified atom stereocenters. The van der Waals surface area contributed by atoms with Crippen LogP contribution in [0.5, 0.6) is 0 Å². The maximum atomic E-state index is 12.8. The van der Waals surface area contributed by atoms with E-state index in [4.69, 9.17) is 4.42 Å². The molecule has 1 N–H and O–H groups in total. The number of furan rings is 1. The lowest BCUT2D eigenvalue weighted by atomic mass is 10.1. The highest BCUT2D eigenvalue weighted by Gasteiger charge is 2.29. The molecule has 4 rings (SSSR count). The summed E-state index contributed by atoms with van der Waals surface area (Å²) < 4.78 is 5.28. The molecule has 126 valence electrons. The average molecular weight is 334 g/mol. The van der Waals surface area contributed by atoms with E-state index < -0.39 is 5.56 Å². The summed E-state index contributed by atoms with van der Waals surface area (Å²) in [7, 11) is 1.76. The zero-order chi connectivity index (χ0) is 17.4. The third kappa shape index (κ3) is 2.67. The Hall–Kier alpha value is -3.08. The van der Waals surface area contributed by atoms with E-state index in [0.29, 0.717) is 11.5 Å². The van der Waals surface area contributed by atoms with E-state index in [1.807, 2.05) is 12.1 Å². The molecule has 0 bridgehead atoms. The summed E-state index contributed by atoms with van der Waals surface area (Å²) >= 11 is 0. The van der Waals surface area contributed by atoms with Gasteiger partial charge in [0.05, 0.1) is 18.0 Å². The van der Waals surface area contributed by atoms with Crippen LogP contribution in [-0.4, -0.2) is 22.8 Å². The molecule has 25 heavy (non-hydrogen) atoms. The fourth-order valence-corrected chi connectivity index (χ4v) is 3.49. The summed E-state index contributed by atoms with van der Waals surface area (Å²) in [5, 5.41) is 0. The molecule has 0 saturated carbocycles. The maximum Gasteiger partial charge on any atom is 0.261 e. The van der Waals surface area contributed by atoms with Gasteiger partial charge in [0, 0.05) is 7.05 Å². The highest BCUT2D eigenvalue weighted by Crippen LogP contribution is 2.35. The molecule has 5 heteroatoms. The van der Waals surface area contributed by atoms with E-state index in [1.54, 1.807) is 36.2 Å². The first-order valence-corrected chi connectivity index (χ1v) is 8.27. The summed E-state index contributed by atoms with van der Waals surface area (Å²) in [5.74, 6) is 0.295. The van der Waals surface area contributed by atoms with E-state index in [0.717, 1.165) is 12.8 Å². The smallest absolute Gasteiger partial charge is 0.261 e. The van der Waals surface area contributed by atoms with Gasteiger partial charge in [-0.15, -0.1) is 0 Å². The number of aromatic nitrogens is 1. The van der Waals surface area contributed by atoms with Crippen LogP contribution in [0.15, 0.2) is 64.0 Å². The summed E-state index contributed by atoms with van der Waals surface area (Å²) in [5.41, 5.74) is 2.73. The molecule has 0 saturated heterocycles. The predicted molar refractivity (Wildman–Crippen MR) is 94.4 cm³/mol. The molecule has 0 aliphatic heterocycles. The van der Waals surface area contributed by atoms with Crippen molar-refractivity contribution < 1.29 is 9.21 Å². The Kier molecular flexibility index (Phi) is 3.76. The monoisotopic (exact) mass is 334 g/mol. The topological polar surface area (TPSA) is 66.3 Å². The number of aryl methyl sites for hydroxylation is 1. The SMILES string of the molecule is CN(C(=O)c1ccc(-c2ccco2)[nH]c1=O)C1CCc2ccccc21. The number of aromatic amines is 1. The Morgan fingerprint density at radius 3 is 2.76 bits per heavy atom. The fourth-order valence-electron chi connectivity index (χ4n) is 3.49. The van der Waals surface area contributed by atoms with E-state index in [2.05, 4.69) is 17.1 Å². The molecule has 0 fully saturated rings. The third-order valence-corrected chi connectivity index (χ3v) is 4.82. The van der Waals surface area contributed by atoms with Crippen LogP contribution in [0.1, 0.15) is 33.9 Å². The highest BCUT2D eigenvalue weighted by molar-refractivity contribution is 5.94. The van der Waals surface area contributed by atoms with Crippen LogP contribution in [0.3, 0.4) is 0 Å². The molecule has 5 nitrogen and oxygen atoms in total. The predicted octanol–water partition coefficient (Wildman–Crippen LogP) is 3.39. The van der Waals surface area contributed by atoms with Gasteiger partial charge in [-0.2, -0.15) is 0 Å². The minimum Gasteiger partial charge on any atom is -0.463 e. The number of nitrogens with one attached hydrogen (secondary N) is 1. The largest absolute Gasteiger partial charge is 0.463 e. The van der Waals surface area contributed by atoms with Gasteiger partial charge in [0.25, 0.3) is 11.5 Å². The van der Waals surface area contributed by atoms with Crippen molar-refractivity contribution in [3.05, 3.63) is 81.8 Å². The lowest BCUT2D eigenvalue weighted by Crippen LogP contribution is -2.34. The van der Waals surface area contributed by atoms with Crippen molar-refractivity contribution in [1.29, 1.82) is 0 Å². The van der Waals surface area contributed by atoms with E-state index in [1.165, 1.54) is 17.4 Å². The van der Waals surface area contributed by atoms with Gasteiger partial charge < -0.3 is 14.3 Å². The number of H-pyrrole nitrogens is 1. The number of pyridine rings is 1. The molecule has 1 aliphatic carbocycles. The molecular formula is C20H18N2O3. The molecular weight excluding hydrogens is 316 g/mol.